The Balaban J connectivity index is 3.12. The van der Waals surface area contributed by atoms with Crippen molar-refractivity contribution in [3.63, 3.8) is 0 Å². The van der Waals surface area contributed by atoms with Gasteiger partial charge < -0.3 is 9.47 Å². The van der Waals surface area contributed by atoms with E-state index < -0.39 is 0 Å². The molecule has 0 amide bonds. The molecule has 1 aliphatic heterocycles. The van der Waals surface area contributed by atoms with Gasteiger partial charge in [-0.3, -0.25) is 0 Å². The summed E-state index contributed by atoms with van der Waals surface area (Å²) in [5.74, 6) is 1.85. The zero-order chi connectivity index (χ0) is 11.0. The normalized spacial score (nSPS) is 17.9. The molecule has 0 fully saturated rings. The molecule has 2 heteroatoms. The average Bonchev–Trinajstić information content (AvgIpc) is 2.01. The molecular formula is C12H20O2. The van der Waals surface area contributed by atoms with E-state index in [2.05, 4.69) is 41.5 Å². The van der Waals surface area contributed by atoms with Crippen LogP contribution < -0.4 is 0 Å². The molecule has 0 saturated heterocycles. The fourth-order valence-electron chi connectivity index (χ4n) is 1.33. The lowest BCUT2D eigenvalue weighted by Gasteiger charge is -2.32. The van der Waals surface area contributed by atoms with Crippen LogP contribution in [0.4, 0.5) is 0 Å². The first kappa shape index (κ1) is 11.2. The van der Waals surface area contributed by atoms with Gasteiger partial charge in [0.25, 0.3) is 0 Å². The number of hydrogen-bond acceptors (Lipinski definition) is 2. The maximum atomic E-state index is 5.56. The predicted octanol–water partition coefficient (Wildman–Crippen LogP) is 3.81. The SMILES string of the molecule is CC(C)(C)C1=C(C(C)(C)C)OC=CO1. The van der Waals surface area contributed by atoms with Gasteiger partial charge in [0.1, 0.15) is 24.0 Å². The summed E-state index contributed by atoms with van der Waals surface area (Å²) < 4.78 is 11.1. The Labute approximate surface area is 86.6 Å². The summed E-state index contributed by atoms with van der Waals surface area (Å²) in [4.78, 5) is 0. The molecule has 0 atom stereocenters. The molecule has 0 unspecified atom stereocenters. The molecule has 1 heterocycles. The molecule has 0 saturated carbocycles. The molecule has 0 radical (unpaired) electrons. The predicted molar refractivity (Wildman–Crippen MR) is 57.2 cm³/mol. The Morgan fingerprint density at radius 2 is 1.00 bits per heavy atom. The van der Waals surface area contributed by atoms with Crippen molar-refractivity contribution in [2.45, 2.75) is 41.5 Å². The zero-order valence-electron chi connectivity index (χ0n) is 9.97. The fourth-order valence-corrected chi connectivity index (χ4v) is 1.33. The van der Waals surface area contributed by atoms with Gasteiger partial charge in [-0.05, 0) is 0 Å². The quantitative estimate of drug-likeness (QED) is 0.586. The van der Waals surface area contributed by atoms with E-state index in [1.165, 1.54) is 0 Å². The van der Waals surface area contributed by atoms with Gasteiger partial charge in [0, 0.05) is 10.8 Å². The third-order valence-electron chi connectivity index (χ3n) is 2.00. The lowest BCUT2D eigenvalue weighted by molar-refractivity contribution is 0.130. The van der Waals surface area contributed by atoms with Gasteiger partial charge in [-0.2, -0.15) is 0 Å². The van der Waals surface area contributed by atoms with Gasteiger partial charge >= 0.3 is 0 Å². The first-order valence-corrected chi connectivity index (χ1v) is 4.96. The summed E-state index contributed by atoms with van der Waals surface area (Å²) in [5.41, 5.74) is -0.0409. The lowest BCUT2D eigenvalue weighted by Crippen LogP contribution is -2.23. The van der Waals surface area contributed by atoms with E-state index in [0.29, 0.717) is 0 Å². The Morgan fingerprint density at radius 1 is 0.714 bits per heavy atom. The lowest BCUT2D eigenvalue weighted by atomic mass is 9.85. The minimum atomic E-state index is -0.0205. The molecule has 14 heavy (non-hydrogen) atoms. The van der Waals surface area contributed by atoms with Crippen LogP contribution in [0, 0.1) is 10.8 Å². The van der Waals surface area contributed by atoms with Crippen molar-refractivity contribution < 1.29 is 9.47 Å². The summed E-state index contributed by atoms with van der Waals surface area (Å²) >= 11 is 0. The smallest absolute Gasteiger partial charge is 0.147 e. The highest BCUT2D eigenvalue weighted by molar-refractivity contribution is 5.18. The molecule has 0 aromatic heterocycles. The van der Waals surface area contributed by atoms with Crippen molar-refractivity contribution in [3.05, 3.63) is 24.0 Å². The minimum absolute atomic E-state index is 0.0205. The van der Waals surface area contributed by atoms with Crippen molar-refractivity contribution in [2.24, 2.45) is 10.8 Å². The molecule has 0 bridgehead atoms. The van der Waals surface area contributed by atoms with Crippen LogP contribution in [0.15, 0.2) is 24.0 Å². The van der Waals surface area contributed by atoms with Gasteiger partial charge in [-0.1, -0.05) is 41.5 Å². The molecule has 1 rings (SSSR count). The first-order valence-electron chi connectivity index (χ1n) is 4.96. The Morgan fingerprint density at radius 3 is 1.21 bits per heavy atom. The van der Waals surface area contributed by atoms with Gasteiger partial charge in [0.05, 0.1) is 0 Å². The van der Waals surface area contributed by atoms with Gasteiger partial charge in [0.15, 0.2) is 0 Å². The maximum Gasteiger partial charge on any atom is 0.147 e. The second-order valence-electron chi connectivity index (χ2n) is 5.67. The Hall–Kier alpha value is -0.920. The minimum Gasteiger partial charge on any atom is -0.462 e. The van der Waals surface area contributed by atoms with Crippen LogP contribution in [0.3, 0.4) is 0 Å². The molecular weight excluding hydrogens is 176 g/mol. The van der Waals surface area contributed by atoms with E-state index in [9.17, 15) is 0 Å². The third-order valence-corrected chi connectivity index (χ3v) is 2.00. The van der Waals surface area contributed by atoms with Gasteiger partial charge in [0.2, 0.25) is 0 Å². The van der Waals surface area contributed by atoms with E-state index in [1.807, 2.05) is 0 Å². The van der Waals surface area contributed by atoms with Crippen LogP contribution in [0.5, 0.6) is 0 Å². The number of hydrogen-bond donors (Lipinski definition) is 0. The van der Waals surface area contributed by atoms with E-state index in [4.69, 9.17) is 9.47 Å². The van der Waals surface area contributed by atoms with Crippen LogP contribution in [-0.2, 0) is 9.47 Å². The molecule has 80 valence electrons. The molecule has 2 nitrogen and oxygen atoms in total. The zero-order valence-corrected chi connectivity index (χ0v) is 9.97. The Kier molecular flexibility index (Phi) is 2.66. The van der Waals surface area contributed by atoms with E-state index in [1.54, 1.807) is 12.5 Å². The van der Waals surface area contributed by atoms with Crippen LogP contribution >= 0.6 is 0 Å². The topological polar surface area (TPSA) is 18.5 Å². The molecule has 0 aliphatic carbocycles. The second-order valence-corrected chi connectivity index (χ2v) is 5.67. The van der Waals surface area contributed by atoms with Crippen LogP contribution in [0.25, 0.3) is 0 Å². The van der Waals surface area contributed by atoms with Crippen LogP contribution in [-0.4, -0.2) is 0 Å². The third kappa shape index (κ3) is 2.31. The van der Waals surface area contributed by atoms with Gasteiger partial charge in [-0.15, -0.1) is 0 Å². The largest absolute Gasteiger partial charge is 0.462 e. The summed E-state index contributed by atoms with van der Waals surface area (Å²) in [5, 5.41) is 0. The molecule has 0 aromatic carbocycles. The van der Waals surface area contributed by atoms with Crippen molar-refractivity contribution in [2.75, 3.05) is 0 Å². The highest BCUT2D eigenvalue weighted by atomic mass is 16.5. The summed E-state index contributed by atoms with van der Waals surface area (Å²) in [6.45, 7) is 12.7. The maximum absolute atomic E-state index is 5.56. The second kappa shape index (κ2) is 3.34. The molecule has 0 N–H and O–H groups in total. The summed E-state index contributed by atoms with van der Waals surface area (Å²) in [7, 11) is 0. The number of allylic oxidation sites excluding steroid dienone is 2. The first-order chi connectivity index (χ1) is 6.23. The van der Waals surface area contributed by atoms with E-state index in [-0.39, 0.29) is 10.8 Å². The van der Waals surface area contributed by atoms with E-state index >= 15 is 0 Å². The van der Waals surface area contributed by atoms with Crippen LogP contribution in [0.2, 0.25) is 0 Å². The average molecular weight is 196 g/mol. The van der Waals surface area contributed by atoms with Crippen molar-refractivity contribution in [3.8, 4) is 0 Å². The van der Waals surface area contributed by atoms with Crippen molar-refractivity contribution in [1.82, 2.24) is 0 Å². The van der Waals surface area contributed by atoms with E-state index in [0.717, 1.165) is 11.5 Å². The molecule has 0 spiro atoms. The van der Waals surface area contributed by atoms with Gasteiger partial charge in [-0.25, -0.2) is 0 Å². The van der Waals surface area contributed by atoms with Crippen LogP contribution in [0.1, 0.15) is 41.5 Å². The number of rotatable bonds is 0. The van der Waals surface area contributed by atoms with Crippen molar-refractivity contribution >= 4 is 0 Å². The highest BCUT2D eigenvalue weighted by Gasteiger charge is 2.32. The standard InChI is InChI=1S/C12H20O2/c1-11(2,3)9-10(12(4,5)6)14-8-7-13-9/h7-8H,1-6H3. The van der Waals surface area contributed by atoms with Crippen molar-refractivity contribution in [1.29, 1.82) is 0 Å². The fraction of sp³-hybridized carbons (Fsp3) is 0.667. The Bertz CT molecular complexity index is 244. The highest BCUT2D eigenvalue weighted by Crippen LogP contribution is 2.39. The molecule has 1 aliphatic rings. The summed E-state index contributed by atoms with van der Waals surface area (Å²) in [6.07, 6.45) is 3.19. The summed E-state index contributed by atoms with van der Waals surface area (Å²) in [6, 6.07) is 0. The monoisotopic (exact) mass is 196 g/mol. The molecule has 0 aromatic rings. The number of ether oxygens (including phenoxy) is 2.